The van der Waals surface area contributed by atoms with Crippen LogP contribution in [0.25, 0.3) is 0 Å². The van der Waals surface area contributed by atoms with Crippen LogP contribution in [0.4, 0.5) is 10.1 Å². The SMILES string of the molecule is CC(N)Cc1cc(F)ccc1N(CC1CC1)CC1CC1. The van der Waals surface area contributed by atoms with Gasteiger partial charge in [0.15, 0.2) is 0 Å². The Balaban J connectivity index is 1.82. The first-order chi connectivity index (χ1) is 9.61. The topological polar surface area (TPSA) is 29.3 Å². The standard InChI is InChI=1S/C17H25FN2/c1-12(19)8-15-9-16(18)6-7-17(15)20(10-13-2-3-13)11-14-4-5-14/h6-7,9,12-14H,2-5,8,10-11,19H2,1H3. The number of halogens is 1. The highest BCUT2D eigenvalue weighted by atomic mass is 19.1. The third-order valence-electron chi connectivity index (χ3n) is 4.28. The van der Waals surface area contributed by atoms with Crippen LogP contribution in [0.3, 0.4) is 0 Å². The predicted molar refractivity (Wildman–Crippen MR) is 81.4 cm³/mol. The van der Waals surface area contributed by atoms with Crippen LogP contribution in [0.15, 0.2) is 18.2 Å². The second-order valence-electron chi connectivity index (χ2n) is 6.75. The molecule has 110 valence electrons. The van der Waals surface area contributed by atoms with Gasteiger partial charge < -0.3 is 10.6 Å². The average molecular weight is 276 g/mol. The molecular weight excluding hydrogens is 251 g/mol. The number of hydrogen-bond acceptors (Lipinski definition) is 2. The van der Waals surface area contributed by atoms with E-state index in [1.165, 1.54) is 31.4 Å². The van der Waals surface area contributed by atoms with Gasteiger partial charge in [0.2, 0.25) is 0 Å². The maximum Gasteiger partial charge on any atom is 0.123 e. The summed E-state index contributed by atoms with van der Waals surface area (Å²) in [5.41, 5.74) is 8.21. The van der Waals surface area contributed by atoms with Crippen molar-refractivity contribution in [3.05, 3.63) is 29.6 Å². The molecular formula is C17H25FN2. The molecule has 2 aliphatic rings. The Morgan fingerprint density at radius 1 is 1.20 bits per heavy atom. The molecule has 1 aromatic rings. The normalized spacial score (nSPS) is 19.9. The molecule has 0 spiro atoms. The van der Waals surface area contributed by atoms with Crippen molar-refractivity contribution >= 4 is 5.69 Å². The first kappa shape index (κ1) is 13.9. The van der Waals surface area contributed by atoms with E-state index in [4.69, 9.17) is 5.73 Å². The molecule has 20 heavy (non-hydrogen) atoms. The summed E-state index contributed by atoms with van der Waals surface area (Å²) in [7, 11) is 0. The van der Waals surface area contributed by atoms with E-state index in [2.05, 4.69) is 4.90 Å². The van der Waals surface area contributed by atoms with Gasteiger partial charge in [-0.3, -0.25) is 0 Å². The van der Waals surface area contributed by atoms with Crippen LogP contribution < -0.4 is 10.6 Å². The van der Waals surface area contributed by atoms with Crippen LogP contribution in [-0.4, -0.2) is 19.1 Å². The lowest BCUT2D eigenvalue weighted by molar-refractivity contribution is 0.619. The first-order valence-electron chi connectivity index (χ1n) is 7.91. The number of nitrogens with zero attached hydrogens (tertiary/aromatic N) is 1. The van der Waals surface area contributed by atoms with Crippen LogP contribution in [0.5, 0.6) is 0 Å². The van der Waals surface area contributed by atoms with Crippen molar-refractivity contribution in [3.8, 4) is 0 Å². The summed E-state index contributed by atoms with van der Waals surface area (Å²) < 4.78 is 13.6. The van der Waals surface area contributed by atoms with Gasteiger partial charge in [-0.25, -0.2) is 4.39 Å². The smallest absolute Gasteiger partial charge is 0.123 e. The van der Waals surface area contributed by atoms with Crippen molar-refractivity contribution in [2.24, 2.45) is 17.6 Å². The van der Waals surface area contributed by atoms with Crippen LogP contribution >= 0.6 is 0 Å². The molecule has 3 heteroatoms. The lowest BCUT2D eigenvalue weighted by Crippen LogP contribution is -2.30. The summed E-state index contributed by atoms with van der Waals surface area (Å²) in [5, 5.41) is 0. The summed E-state index contributed by atoms with van der Waals surface area (Å²) in [6.07, 6.45) is 6.16. The van der Waals surface area contributed by atoms with E-state index in [1.54, 1.807) is 12.1 Å². The molecule has 0 bridgehead atoms. The monoisotopic (exact) mass is 276 g/mol. The van der Waals surface area contributed by atoms with E-state index >= 15 is 0 Å². The van der Waals surface area contributed by atoms with Crippen LogP contribution in [-0.2, 0) is 6.42 Å². The maximum atomic E-state index is 13.6. The molecule has 3 rings (SSSR count). The van der Waals surface area contributed by atoms with Gasteiger partial charge in [0.25, 0.3) is 0 Å². The Hall–Kier alpha value is -1.09. The van der Waals surface area contributed by atoms with Gasteiger partial charge in [0.05, 0.1) is 0 Å². The van der Waals surface area contributed by atoms with Gasteiger partial charge >= 0.3 is 0 Å². The van der Waals surface area contributed by atoms with Crippen molar-refractivity contribution in [2.45, 2.75) is 45.1 Å². The Bertz CT molecular complexity index is 450. The zero-order valence-electron chi connectivity index (χ0n) is 12.3. The molecule has 2 fully saturated rings. The molecule has 0 radical (unpaired) electrons. The van der Waals surface area contributed by atoms with Crippen molar-refractivity contribution < 1.29 is 4.39 Å². The van der Waals surface area contributed by atoms with Crippen molar-refractivity contribution in [1.82, 2.24) is 0 Å². The van der Waals surface area contributed by atoms with Crippen molar-refractivity contribution in [1.29, 1.82) is 0 Å². The average Bonchev–Trinajstić information content (AvgIpc) is 3.22. The largest absolute Gasteiger partial charge is 0.371 e. The fraction of sp³-hybridized carbons (Fsp3) is 0.647. The predicted octanol–water partition coefficient (Wildman–Crippen LogP) is 3.34. The minimum Gasteiger partial charge on any atom is -0.371 e. The summed E-state index contributed by atoms with van der Waals surface area (Å²) in [6.45, 7) is 4.25. The van der Waals surface area contributed by atoms with E-state index < -0.39 is 0 Å². The van der Waals surface area contributed by atoms with Gasteiger partial charge in [0.1, 0.15) is 5.82 Å². The fourth-order valence-corrected chi connectivity index (χ4v) is 2.87. The number of anilines is 1. The van der Waals surface area contributed by atoms with Crippen molar-refractivity contribution in [3.63, 3.8) is 0 Å². The Morgan fingerprint density at radius 2 is 1.80 bits per heavy atom. The number of hydrogen-bond donors (Lipinski definition) is 1. The highest BCUT2D eigenvalue weighted by Crippen LogP contribution is 2.37. The fourth-order valence-electron chi connectivity index (χ4n) is 2.87. The lowest BCUT2D eigenvalue weighted by atomic mass is 10.0. The second-order valence-corrected chi connectivity index (χ2v) is 6.75. The zero-order valence-corrected chi connectivity index (χ0v) is 12.3. The van der Waals surface area contributed by atoms with Gasteiger partial charge in [0, 0.05) is 24.8 Å². The van der Waals surface area contributed by atoms with Crippen molar-refractivity contribution in [2.75, 3.05) is 18.0 Å². The molecule has 2 aliphatic carbocycles. The van der Waals surface area contributed by atoms with Crippen LogP contribution in [0.2, 0.25) is 0 Å². The molecule has 0 aromatic heterocycles. The van der Waals surface area contributed by atoms with Gasteiger partial charge in [-0.05, 0) is 74.6 Å². The molecule has 1 aromatic carbocycles. The first-order valence-corrected chi connectivity index (χ1v) is 7.91. The summed E-state index contributed by atoms with van der Waals surface area (Å²) >= 11 is 0. The molecule has 0 heterocycles. The van der Waals surface area contributed by atoms with E-state index in [0.717, 1.165) is 36.9 Å². The highest BCUT2D eigenvalue weighted by Gasteiger charge is 2.30. The quantitative estimate of drug-likeness (QED) is 0.827. The number of rotatable bonds is 7. The van der Waals surface area contributed by atoms with Gasteiger partial charge in [-0.1, -0.05) is 0 Å². The van der Waals surface area contributed by atoms with E-state index in [0.29, 0.717) is 0 Å². The molecule has 0 amide bonds. The molecule has 2 saturated carbocycles. The van der Waals surface area contributed by atoms with Gasteiger partial charge in [-0.15, -0.1) is 0 Å². The van der Waals surface area contributed by atoms with E-state index in [-0.39, 0.29) is 11.9 Å². The minimum atomic E-state index is -0.151. The molecule has 0 aliphatic heterocycles. The maximum absolute atomic E-state index is 13.6. The molecule has 2 nitrogen and oxygen atoms in total. The molecule has 2 N–H and O–H groups in total. The number of nitrogens with two attached hydrogens (primary N) is 1. The highest BCUT2D eigenvalue weighted by molar-refractivity contribution is 5.54. The zero-order chi connectivity index (χ0) is 14.1. The second kappa shape index (κ2) is 5.72. The summed E-state index contributed by atoms with van der Waals surface area (Å²) in [5.74, 6) is 1.55. The molecule has 1 atom stereocenters. The summed E-state index contributed by atoms with van der Waals surface area (Å²) in [6, 6.07) is 5.29. The third kappa shape index (κ3) is 3.72. The van der Waals surface area contributed by atoms with E-state index in [1.807, 2.05) is 13.0 Å². The summed E-state index contributed by atoms with van der Waals surface area (Å²) in [4.78, 5) is 2.49. The van der Waals surface area contributed by atoms with E-state index in [9.17, 15) is 4.39 Å². The number of benzene rings is 1. The Morgan fingerprint density at radius 3 is 2.30 bits per heavy atom. The lowest BCUT2D eigenvalue weighted by Gasteiger charge is -2.28. The Kier molecular flexibility index (Phi) is 3.97. The van der Waals surface area contributed by atoms with Gasteiger partial charge in [-0.2, -0.15) is 0 Å². The third-order valence-corrected chi connectivity index (χ3v) is 4.28. The minimum absolute atomic E-state index is 0.0687. The van der Waals surface area contributed by atoms with Crippen LogP contribution in [0.1, 0.15) is 38.2 Å². The molecule has 1 unspecified atom stereocenters. The van der Waals surface area contributed by atoms with Crippen LogP contribution in [0, 0.1) is 17.7 Å². The Labute approximate surface area is 121 Å². The molecule has 0 saturated heterocycles.